The zero-order chi connectivity index (χ0) is 10.3. The Bertz CT molecular complexity index is 393. The monoisotopic (exact) mass is 274 g/mol. The topological polar surface area (TPSA) is 29.3 Å². The molecule has 0 radical (unpaired) electrons. The summed E-state index contributed by atoms with van der Waals surface area (Å²) < 4.78 is 0. The van der Waals surface area contributed by atoms with Crippen molar-refractivity contribution in [3.05, 3.63) is 28.8 Å². The van der Waals surface area contributed by atoms with E-state index < -0.39 is 0 Å². The number of hydrogen-bond acceptors (Lipinski definition) is 2. The molecule has 1 aromatic carbocycles. The van der Waals surface area contributed by atoms with Gasteiger partial charge in [0.25, 0.3) is 0 Å². The molecule has 2 heterocycles. The van der Waals surface area contributed by atoms with Gasteiger partial charge in [-0.15, -0.1) is 24.8 Å². The minimum Gasteiger partial charge on any atom is -0.371 e. The molecule has 96 valence electrons. The van der Waals surface area contributed by atoms with Crippen molar-refractivity contribution in [1.82, 2.24) is 0 Å². The van der Waals surface area contributed by atoms with Crippen molar-refractivity contribution in [2.24, 2.45) is 5.73 Å². The number of aryl methyl sites for hydroxylation is 1. The molecular weight excluding hydrogens is 255 g/mol. The molecule has 3 rings (SSSR count). The van der Waals surface area contributed by atoms with E-state index in [9.17, 15) is 0 Å². The second kappa shape index (κ2) is 5.94. The smallest absolute Gasteiger partial charge is 0.0432 e. The molecule has 0 amide bonds. The van der Waals surface area contributed by atoms with E-state index in [1.54, 1.807) is 16.8 Å². The van der Waals surface area contributed by atoms with Crippen molar-refractivity contribution in [3.8, 4) is 0 Å². The summed E-state index contributed by atoms with van der Waals surface area (Å²) in [5, 5.41) is 0. The van der Waals surface area contributed by atoms with Gasteiger partial charge in [-0.05, 0) is 48.9 Å². The van der Waals surface area contributed by atoms with Crippen LogP contribution in [0.5, 0.6) is 0 Å². The average Bonchev–Trinajstić information content (AvgIpc) is 2.64. The first-order valence-corrected chi connectivity index (χ1v) is 5.98. The van der Waals surface area contributed by atoms with Gasteiger partial charge in [-0.2, -0.15) is 0 Å². The van der Waals surface area contributed by atoms with E-state index >= 15 is 0 Å². The zero-order valence-electron chi connectivity index (χ0n) is 9.95. The number of anilines is 1. The van der Waals surface area contributed by atoms with Crippen molar-refractivity contribution in [1.29, 1.82) is 0 Å². The number of benzene rings is 1. The van der Waals surface area contributed by atoms with E-state index in [2.05, 4.69) is 17.0 Å². The maximum absolute atomic E-state index is 5.63. The SMILES string of the molecule is Cl.Cl.NCCc1cc2c3c(c1)CCN3CCC2. The molecule has 2 N–H and O–H groups in total. The molecule has 0 unspecified atom stereocenters. The van der Waals surface area contributed by atoms with Crippen LogP contribution in [0.15, 0.2) is 12.1 Å². The van der Waals surface area contributed by atoms with Crippen LogP contribution in [-0.2, 0) is 19.3 Å². The van der Waals surface area contributed by atoms with Crippen LogP contribution in [0.3, 0.4) is 0 Å². The Labute approximate surface area is 115 Å². The highest BCUT2D eigenvalue weighted by molar-refractivity contribution is 5.85. The average molecular weight is 275 g/mol. The molecule has 17 heavy (non-hydrogen) atoms. The number of nitrogens with two attached hydrogens (primary N) is 1. The normalized spacial score (nSPS) is 15.9. The fraction of sp³-hybridized carbons (Fsp3) is 0.538. The summed E-state index contributed by atoms with van der Waals surface area (Å²) in [5.41, 5.74) is 11.8. The second-order valence-electron chi connectivity index (χ2n) is 4.64. The zero-order valence-corrected chi connectivity index (χ0v) is 11.6. The molecule has 0 aromatic heterocycles. The number of hydrogen-bond donors (Lipinski definition) is 1. The summed E-state index contributed by atoms with van der Waals surface area (Å²) in [4.78, 5) is 2.56. The first kappa shape index (κ1) is 14.6. The lowest BCUT2D eigenvalue weighted by Gasteiger charge is -2.27. The van der Waals surface area contributed by atoms with Gasteiger partial charge in [-0.3, -0.25) is 0 Å². The maximum atomic E-state index is 5.63. The summed E-state index contributed by atoms with van der Waals surface area (Å²) in [6.45, 7) is 3.26. The fourth-order valence-electron chi connectivity index (χ4n) is 2.98. The molecule has 0 atom stereocenters. The molecule has 0 saturated carbocycles. The molecule has 0 fully saturated rings. The third-order valence-corrected chi connectivity index (χ3v) is 3.60. The lowest BCUT2D eigenvalue weighted by atomic mass is 9.96. The lowest BCUT2D eigenvalue weighted by Crippen LogP contribution is -2.26. The van der Waals surface area contributed by atoms with Crippen LogP contribution in [0.1, 0.15) is 23.1 Å². The quantitative estimate of drug-likeness (QED) is 0.897. The van der Waals surface area contributed by atoms with Gasteiger partial charge in [-0.1, -0.05) is 12.1 Å². The summed E-state index contributed by atoms with van der Waals surface area (Å²) in [6, 6.07) is 4.75. The van der Waals surface area contributed by atoms with Gasteiger partial charge >= 0.3 is 0 Å². The molecule has 0 spiro atoms. The third-order valence-electron chi connectivity index (χ3n) is 3.60. The standard InChI is InChI=1S/C13H18N2.2ClH/c14-5-3-10-8-11-2-1-6-15-7-4-12(9-10)13(11)15;;/h8-9H,1-7,14H2;2*1H. The number of rotatable bonds is 2. The number of halogens is 2. The molecule has 0 bridgehead atoms. The van der Waals surface area contributed by atoms with E-state index in [1.165, 1.54) is 37.9 Å². The predicted octanol–water partition coefficient (Wildman–Crippen LogP) is 2.34. The minimum atomic E-state index is 0. The Morgan fingerprint density at radius 3 is 2.47 bits per heavy atom. The van der Waals surface area contributed by atoms with Crippen LogP contribution in [0.25, 0.3) is 0 Å². The molecular formula is C13H20Cl2N2. The van der Waals surface area contributed by atoms with E-state index in [0.717, 1.165) is 13.0 Å². The van der Waals surface area contributed by atoms with Gasteiger partial charge in [0, 0.05) is 18.8 Å². The highest BCUT2D eigenvalue weighted by Crippen LogP contribution is 2.36. The fourth-order valence-corrected chi connectivity index (χ4v) is 2.98. The first-order chi connectivity index (χ1) is 7.38. The highest BCUT2D eigenvalue weighted by atomic mass is 35.5. The minimum absolute atomic E-state index is 0. The molecule has 2 aliphatic heterocycles. The Morgan fingerprint density at radius 1 is 1.06 bits per heavy atom. The Balaban J connectivity index is 0.000000722. The van der Waals surface area contributed by atoms with Crippen molar-refractivity contribution in [2.45, 2.75) is 25.7 Å². The van der Waals surface area contributed by atoms with Crippen LogP contribution >= 0.6 is 24.8 Å². The third kappa shape index (κ3) is 2.54. The predicted molar refractivity (Wildman–Crippen MR) is 77.9 cm³/mol. The van der Waals surface area contributed by atoms with Crippen LogP contribution < -0.4 is 10.6 Å². The maximum Gasteiger partial charge on any atom is 0.0432 e. The van der Waals surface area contributed by atoms with E-state index in [1.807, 2.05) is 0 Å². The lowest BCUT2D eigenvalue weighted by molar-refractivity contribution is 0.718. The van der Waals surface area contributed by atoms with Gasteiger partial charge in [0.2, 0.25) is 0 Å². The molecule has 2 nitrogen and oxygen atoms in total. The molecule has 2 aliphatic rings. The molecule has 1 aromatic rings. The van der Waals surface area contributed by atoms with Crippen LogP contribution in [0.4, 0.5) is 5.69 Å². The summed E-state index contributed by atoms with van der Waals surface area (Å²) in [7, 11) is 0. The Morgan fingerprint density at radius 2 is 1.76 bits per heavy atom. The van der Waals surface area contributed by atoms with Crippen molar-refractivity contribution >= 4 is 30.5 Å². The highest BCUT2D eigenvalue weighted by Gasteiger charge is 2.25. The van der Waals surface area contributed by atoms with Crippen LogP contribution in [0, 0.1) is 0 Å². The van der Waals surface area contributed by atoms with Crippen LogP contribution in [0.2, 0.25) is 0 Å². The van der Waals surface area contributed by atoms with Gasteiger partial charge in [0.1, 0.15) is 0 Å². The summed E-state index contributed by atoms with van der Waals surface area (Å²) in [5.74, 6) is 0. The summed E-state index contributed by atoms with van der Waals surface area (Å²) in [6.07, 6.45) is 4.84. The number of nitrogens with zero attached hydrogens (tertiary/aromatic N) is 1. The summed E-state index contributed by atoms with van der Waals surface area (Å²) >= 11 is 0. The van der Waals surface area contributed by atoms with Gasteiger partial charge in [0.05, 0.1) is 0 Å². The van der Waals surface area contributed by atoms with Gasteiger partial charge < -0.3 is 10.6 Å². The molecule has 0 saturated heterocycles. The van der Waals surface area contributed by atoms with Gasteiger partial charge in [0.15, 0.2) is 0 Å². The van der Waals surface area contributed by atoms with Crippen molar-refractivity contribution in [3.63, 3.8) is 0 Å². The van der Waals surface area contributed by atoms with E-state index in [4.69, 9.17) is 5.73 Å². The van der Waals surface area contributed by atoms with Gasteiger partial charge in [-0.25, -0.2) is 0 Å². The Kier molecular flexibility index (Phi) is 5.11. The van der Waals surface area contributed by atoms with Crippen molar-refractivity contribution in [2.75, 3.05) is 24.5 Å². The molecule has 0 aliphatic carbocycles. The Hall–Kier alpha value is -0.440. The van der Waals surface area contributed by atoms with E-state index in [-0.39, 0.29) is 24.8 Å². The second-order valence-corrected chi connectivity index (χ2v) is 4.64. The van der Waals surface area contributed by atoms with E-state index in [0.29, 0.717) is 0 Å². The molecule has 4 heteroatoms. The first-order valence-electron chi connectivity index (χ1n) is 5.98. The largest absolute Gasteiger partial charge is 0.371 e. The van der Waals surface area contributed by atoms with Crippen LogP contribution in [-0.4, -0.2) is 19.6 Å². The van der Waals surface area contributed by atoms with Crippen molar-refractivity contribution < 1.29 is 0 Å².